The lowest BCUT2D eigenvalue weighted by Gasteiger charge is -1.98. The monoisotopic (exact) mass is 277 g/mol. The van der Waals surface area contributed by atoms with Gasteiger partial charge in [0.2, 0.25) is 0 Å². The van der Waals surface area contributed by atoms with Crippen LogP contribution in [0.3, 0.4) is 0 Å². The summed E-state index contributed by atoms with van der Waals surface area (Å²) in [5.74, 6) is 0.652. The number of furan rings is 1. The SMILES string of the molecule is O=c1c2c(-c3ccco3)ccnc2[nH]n1-c1ccccc1. The summed E-state index contributed by atoms with van der Waals surface area (Å²) in [6, 6.07) is 14.8. The maximum atomic E-state index is 12.7. The van der Waals surface area contributed by atoms with E-state index in [0.717, 1.165) is 11.3 Å². The van der Waals surface area contributed by atoms with Gasteiger partial charge in [-0.25, -0.2) is 9.67 Å². The van der Waals surface area contributed by atoms with Crippen LogP contribution in [-0.2, 0) is 0 Å². The molecular formula is C16H11N3O2. The van der Waals surface area contributed by atoms with Gasteiger partial charge < -0.3 is 4.42 Å². The number of pyridine rings is 1. The molecule has 3 heterocycles. The Kier molecular flexibility index (Phi) is 2.50. The van der Waals surface area contributed by atoms with Crippen LogP contribution in [0.1, 0.15) is 0 Å². The van der Waals surface area contributed by atoms with Crippen molar-refractivity contribution in [2.45, 2.75) is 0 Å². The number of hydrogen-bond donors (Lipinski definition) is 1. The molecule has 0 saturated heterocycles. The van der Waals surface area contributed by atoms with Crippen molar-refractivity contribution < 1.29 is 4.42 Å². The first kappa shape index (κ1) is 11.7. The predicted octanol–water partition coefficient (Wildman–Crippen LogP) is 2.97. The van der Waals surface area contributed by atoms with Gasteiger partial charge in [-0.3, -0.25) is 9.89 Å². The molecule has 0 aliphatic rings. The average molecular weight is 277 g/mol. The molecular weight excluding hydrogens is 266 g/mol. The van der Waals surface area contributed by atoms with Crippen LogP contribution >= 0.6 is 0 Å². The zero-order valence-corrected chi connectivity index (χ0v) is 11.0. The van der Waals surface area contributed by atoms with Gasteiger partial charge in [-0.1, -0.05) is 18.2 Å². The zero-order chi connectivity index (χ0) is 14.2. The second-order valence-corrected chi connectivity index (χ2v) is 4.65. The van der Waals surface area contributed by atoms with E-state index in [4.69, 9.17) is 4.42 Å². The highest BCUT2D eigenvalue weighted by molar-refractivity contribution is 5.90. The van der Waals surface area contributed by atoms with E-state index in [1.807, 2.05) is 36.4 Å². The number of hydrogen-bond acceptors (Lipinski definition) is 3. The maximum Gasteiger partial charge on any atom is 0.281 e. The minimum atomic E-state index is -0.143. The number of aromatic nitrogens is 3. The third-order valence-electron chi connectivity index (χ3n) is 3.39. The lowest BCUT2D eigenvalue weighted by molar-refractivity contribution is 0.583. The van der Waals surface area contributed by atoms with Crippen molar-refractivity contribution in [3.63, 3.8) is 0 Å². The molecule has 5 heteroatoms. The summed E-state index contributed by atoms with van der Waals surface area (Å²) >= 11 is 0. The van der Waals surface area contributed by atoms with E-state index < -0.39 is 0 Å². The van der Waals surface area contributed by atoms with Crippen LogP contribution in [0.5, 0.6) is 0 Å². The van der Waals surface area contributed by atoms with E-state index in [-0.39, 0.29) is 5.56 Å². The molecule has 0 aliphatic heterocycles. The Balaban J connectivity index is 2.04. The summed E-state index contributed by atoms with van der Waals surface area (Å²) in [7, 11) is 0. The third-order valence-corrected chi connectivity index (χ3v) is 3.39. The van der Waals surface area contributed by atoms with Crippen molar-refractivity contribution in [2.24, 2.45) is 0 Å². The number of aromatic amines is 1. The molecule has 102 valence electrons. The fourth-order valence-corrected chi connectivity index (χ4v) is 2.43. The number of rotatable bonds is 2. The quantitative estimate of drug-likeness (QED) is 0.612. The molecule has 0 spiro atoms. The van der Waals surface area contributed by atoms with Crippen molar-refractivity contribution in [3.05, 3.63) is 71.3 Å². The molecule has 4 aromatic rings. The summed E-state index contributed by atoms with van der Waals surface area (Å²) in [5.41, 5.74) is 1.90. The number of nitrogens with one attached hydrogen (secondary N) is 1. The van der Waals surface area contributed by atoms with Crippen LogP contribution in [0.15, 0.2) is 70.2 Å². The van der Waals surface area contributed by atoms with E-state index in [1.165, 1.54) is 4.68 Å². The van der Waals surface area contributed by atoms with E-state index in [0.29, 0.717) is 16.8 Å². The second-order valence-electron chi connectivity index (χ2n) is 4.65. The van der Waals surface area contributed by atoms with Gasteiger partial charge in [0.15, 0.2) is 5.65 Å². The molecule has 1 N–H and O–H groups in total. The number of para-hydroxylation sites is 1. The first-order valence-electron chi connectivity index (χ1n) is 6.53. The van der Waals surface area contributed by atoms with Gasteiger partial charge in [0.05, 0.1) is 17.3 Å². The topological polar surface area (TPSA) is 63.8 Å². The molecule has 0 saturated carbocycles. The van der Waals surface area contributed by atoms with Gasteiger partial charge in [0.25, 0.3) is 5.56 Å². The molecule has 0 fully saturated rings. The summed E-state index contributed by atoms with van der Waals surface area (Å²) in [6.45, 7) is 0. The van der Waals surface area contributed by atoms with E-state index >= 15 is 0 Å². The van der Waals surface area contributed by atoms with Crippen molar-refractivity contribution >= 4 is 11.0 Å². The molecule has 0 amide bonds. The Labute approximate surface area is 119 Å². The van der Waals surface area contributed by atoms with Gasteiger partial charge in [-0.2, -0.15) is 0 Å². The molecule has 0 atom stereocenters. The Bertz CT molecular complexity index is 950. The maximum absolute atomic E-state index is 12.7. The van der Waals surface area contributed by atoms with E-state index in [9.17, 15) is 4.79 Å². The number of H-pyrrole nitrogens is 1. The van der Waals surface area contributed by atoms with Gasteiger partial charge in [-0.05, 0) is 30.3 Å². The standard InChI is InChI=1S/C16H11N3O2/c20-16-14-12(13-7-4-10-21-13)8-9-17-15(14)18-19(16)11-5-2-1-3-6-11/h1-10H,(H,17,18). The second kappa shape index (κ2) is 4.49. The smallest absolute Gasteiger partial charge is 0.281 e. The van der Waals surface area contributed by atoms with Gasteiger partial charge in [-0.15, -0.1) is 0 Å². The van der Waals surface area contributed by atoms with Gasteiger partial charge >= 0.3 is 0 Å². The highest BCUT2D eigenvalue weighted by Gasteiger charge is 2.15. The molecule has 0 radical (unpaired) electrons. The number of benzene rings is 1. The van der Waals surface area contributed by atoms with Crippen molar-refractivity contribution in [1.82, 2.24) is 14.8 Å². The van der Waals surface area contributed by atoms with Gasteiger partial charge in [0, 0.05) is 11.8 Å². The molecule has 0 bridgehead atoms. The summed E-state index contributed by atoms with van der Waals surface area (Å²) in [6.07, 6.45) is 3.25. The molecule has 0 aliphatic carbocycles. The van der Waals surface area contributed by atoms with E-state index in [2.05, 4.69) is 10.1 Å². The van der Waals surface area contributed by atoms with E-state index in [1.54, 1.807) is 24.6 Å². The summed E-state index contributed by atoms with van der Waals surface area (Å²) in [5, 5.41) is 3.56. The lowest BCUT2D eigenvalue weighted by Crippen LogP contribution is -2.14. The van der Waals surface area contributed by atoms with Crippen molar-refractivity contribution in [3.8, 4) is 17.0 Å². The largest absolute Gasteiger partial charge is 0.464 e. The Hall–Kier alpha value is -3.08. The first-order valence-corrected chi connectivity index (χ1v) is 6.53. The summed E-state index contributed by atoms with van der Waals surface area (Å²) < 4.78 is 6.90. The minimum Gasteiger partial charge on any atom is -0.464 e. The Morgan fingerprint density at radius 2 is 1.90 bits per heavy atom. The third kappa shape index (κ3) is 1.79. The number of nitrogens with zero attached hydrogens (tertiary/aromatic N) is 2. The van der Waals surface area contributed by atoms with Gasteiger partial charge in [0.1, 0.15) is 5.76 Å². The molecule has 4 rings (SSSR count). The molecule has 3 aromatic heterocycles. The molecule has 21 heavy (non-hydrogen) atoms. The molecule has 0 unspecified atom stereocenters. The van der Waals surface area contributed by atoms with Crippen molar-refractivity contribution in [2.75, 3.05) is 0 Å². The van der Waals surface area contributed by atoms with Crippen LogP contribution in [-0.4, -0.2) is 14.8 Å². The Morgan fingerprint density at radius 3 is 2.67 bits per heavy atom. The first-order chi connectivity index (χ1) is 10.3. The Morgan fingerprint density at radius 1 is 1.05 bits per heavy atom. The van der Waals surface area contributed by atoms with Crippen molar-refractivity contribution in [1.29, 1.82) is 0 Å². The zero-order valence-electron chi connectivity index (χ0n) is 11.0. The normalized spacial score (nSPS) is 11.0. The fourth-order valence-electron chi connectivity index (χ4n) is 2.43. The predicted molar refractivity (Wildman–Crippen MR) is 79.4 cm³/mol. The van der Waals surface area contributed by atoms with Crippen LogP contribution in [0.25, 0.3) is 28.0 Å². The van der Waals surface area contributed by atoms with Crippen LogP contribution in [0, 0.1) is 0 Å². The molecule has 1 aromatic carbocycles. The fraction of sp³-hybridized carbons (Fsp3) is 0. The molecule has 5 nitrogen and oxygen atoms in total. The summed E-state index contributed by atoms with van der Waals surface area (Å²) in [4.78, 5) is 16.9. The highest BCUT2D eigenvalue weighted by Crippen LogP contribution is 2.25. The average Bonchev–Trinajstić information content (AvgIpc) is 3.16. The minimum absolute atomic E-state index is 0.143. The highest BCUT2D eigenvalue weighted by atomic mass is 16.3. The van der Waals surface area contributed by atoms with Crippen LogP contribution in [0.2, 0.25) is 0 Å². The number of fused-ring (bicyclic) bond motifs is 1. The van der Waals surface area contributed by atoms with Crippen LogP contribution in [0.4, 0.5) is 0 Å². The van der Waals surface area contributed by atoms with Crippen LogP contribution < -0.4 is 5.56 Å². The lowest BCUT2D eigenvalue weighted by atomic mass is 10.1.